The number of carbonyl (C=O) groups excluding carboxylic acids is 2. The molecule has 138 valence electrons. The molecule has 0 aliphatic heterocycles. The molecule has 0 saturated carbocycles. The van der Waals surface area contributed by atoms with Crippen LogP contribution < -0.4 is 10.6 Å². The van der Waals surface area contributed by atoms with Gasteiger partial charge >= 0.3 is 0 Å². The van der Waals surface area contributed by atoms with Gasteiger partial charge in [0.25, 0.3) is 5.91 Å². The number of carbonyl (C=O) groups is 2. The molecular formula is C17H12Br2N4O2S2. The summed E-state index contributed by atoms with van der Waals surface area (Å²) in [5, 5.41) is 13.8. The molecule has 0 aliphatic rings. The fourth-order valence-corrected chi connectivity index (χ4v) is 4.19. The van der Waals surface area contributed by atoms with Gasteiger partial charge in [0.15, 0.2) is 4.34 Å². The summed E-state index contributed by atoms with van der Waals surface area (Å²) < 4.78 is 2.37. The summed E-state index contributed by atoms with van der Waals surface area (Å²) >= 11 is 9.16. The molecule has 0 atom stereocenters. The molecule has 0 bridgehead atoms. The van der Waals surface area contributed by atoms with Crippen molar-refractivity contribution in [3.63, 3.8) is 0 Å². The highest BCUT2D eigenvalue weighted by molar-refractivity contribution is 9.10. The zero-order chi connectivity index (χ0) is 19.2. The van der Waals surface area contributed by atoms with Crippen LogP contribution in [-0.4, -0.2) is 27.8 Å². The molecule has 0 saturated heterocycles. The van der Waals surface area contributed by atoms with Crippen molar-refractivity contribution in [1.82, 2.24) is 10.2 Å². The Bertz CT molecular complexity index is 964. The molecule has 2 aromatic carbocycles. The molecule has 3 rings (SSSR count). The van der Waals surface area contributed by atoms with Crippen molar-refractivity contribution in [3.8, 4) is 0 Å². The Morgan fingerprint density at radius 3 is 2.52 bits per heavy atom. The van der Waals surface area contributed by atoms with Crippen LogP contribution >= 0.6 is 55.0 Å². The Kier molecular flexibility index (Phi) is 7.00. The lowest BCUT2D eigenvalue weighted by Crippen LogP contribution is -2.13. The summed E-state index contributed by atoms with van der Waals surface area (Å²) in [5.41, 5.74) is 1.24. The molecule has 2 amide bonds. The zero-order valence-electron chi connectivity index (χ0n) is 13.6. The minimum atomic E-state index is -0.267. The maximum Gasteiger partial charge on any atom is 0.257 e. The standard InChI is InChI=1S/C17H12Br2N4O2S2/c18-11-4-6-13(7-5-11)20-14(24)9-26-17-23-22-16(27-17)21-15(25)10-2-1-3-12(19)8-10/h1-8H,9H2,(H,20,24)(H,21,22,25). The number of halogens is 2. The monoisotopic (exact) mass is 526 g/mol. The molecule has 1 heterocycles. The van der Waals surface area contributed by atoms with E-state index < -0.39 is 0 Å². The van der Waals surface area contributed by atoms with E-state index in [0.29, 0.717) is 15.0 Å². The third-order valence-corrected chi connectivity index (χ3v) is 6.16. The molecule has 6 nitrogen and oxygen atoms in total. The van der Waals surface area contributed by atoms with Crippen LogP contribution in [0.3, 0.4) is 0 Å². The van der Waals surface area contributed by atoms with Crippen LogP contribution in [0.4, 0.5) is 10.8 Å². The Morgan fingerprint density at radius 1 is 1.00 bits per heavy atom. The van der Waals surface area contributed by atoms with Gasteiger partial charge in [0.1, 0.15) is 0 Å². The second-order valence-electron chi connectivity index (χ2n) is 5.18. The molecule has 0 unspecified atom stereocenters. The average Bonchev–Trinajstić information content (AvgIpc) is 3.09. The van der Waals surface area contributed by atoms with Crippen LogP contribution in [0.1, 0.15) is 10.4 Å². The van der Waals surface area contributed by atoms with Gasteiger partial charge < -0.3 is 5.32 Å². The number of amides is 2. The van der Waals surface area contributed by atoms with Crippen molar-refractivity contribution in [2.75, 3.05) is 16.4 Å². The van der Waals surface area contributed by atoms with Crippen molar-refractivity contribution < 1.29 is 9.59 Å². The first-order valence-corrected chi connectivity index (χ1v) is 11.0. The number of thioether (sulfide) groups is 1. The fraction of sp³-hybridized carbons (Fsp3) is 0.0588. The average molecular weight is 528 g/mol. The van der Waals surface area contributed by atoms with Gasteiger partial charge in [-0.15, -0.1) is 10.2 Å². The Hall–Kier alpha value is -1.75. The highest BCUT2D eigenvalue weighted by atomic mass is 79.9. The van der Waals surface area contributed by atoms with Gasteiger partial charge in [0.2, 0.25) is 11.0 Å². The summed E-state index contributed by atoms with van der Waals surface area (Å²) in [6, 6.07) is 14.4. The number of hydrogen-bond acceptors (Lipinski definition) is 6. The van der Waals surface area contributed by atoms with Gasteiger partial charge in [-0.2, -0.15) is 0 Å². The van der Waals surface area contributed by atoms with Gasteiger partial charge in [-0.25, -0.2) is 0 Å². The van der Waals surface area contributed by atoms with Gasteiger partial charge in [-0.1, -0.05) is 61.0 Å². The van der Waals surface area contributed by atoms with Gasteiger partial charge in [-0.3, -0.25) is 14.9 Å². The summed E-state index contributed by atoms with van der Waals surface area (Å²) in [5.74, 6) is -0.209. The van der Waals surface area contributed by atoms with Crippen molar-refractivity contribution in [1.29, 1.82) is 0 Å². The van der Waals surface area contributed by atoms with Crippen molar-refractivity contribution in [2.24, 2.45) is 0 Å². The number of nitrogens with one attached hydrogen (secondary N) is 2. The Balaban J connectivity index is 1.51. The first-order chi connectivity index (χ1) is 13.0. The van der Waals surface area contributed by atoms with E-state index in [-0.39, 0.29) is 17.6 Å². The molecule has 2 N–H and O–H groups in total. The Morgan fingerprint density at radius 2 is 1.78 bits per heavy atom. The number of anilines is 2. The SMILES string of the molecule is O=C(CSc1nnc(NC(=O)c2cccc(Br)c2)s1)Nc1ccc(Br)cc1. The van der Waals surface area contributed by atoms with E-state index in [1.807, 2.05) is 30.3 Å². The fourth-order valence-electron chi connectivity index (χ4n) is 1.98. The van der Waals surface area contributed by atoms with Crippen molar-refractivity contribution in [3.05, 3.63) is 63.0 Å². The minimum Gasteiger partial charge on any atom is -0.325 e. The van der Waals surface area contributed by atoms with E-state index in [9.17, 15) is 9.59 Å². The predicted molar refractivity (Wildman–Crippen MR) is 115 cm³/mol. The summed E-state index contributed by atoms with van der Waals surface area (Å²) in [6.45, 7) is 0. The highest BCUT2D eigenvalue weighted by Crippen LogP contribution is 2.26. The lowest BCUT2D eigenvalue weighted by Gasteiger charge is -2.03. The maximum absolute atomic E-state index is 12.2. The van der Waals surface area contributed by atoms with Gasteiger partial charge in [-0.05, 0) is 42.5 Å². The number of rotatable bonds is 6. The molecule has 0 radical (unpaired) electrons. The van der Waals surface area contributed by atoms with E-state index in [2.05, 4.69) is 52.7 Å². The van der Waals surface area contributed by atoms with E-state index in [1.165, 1.54) is 23.1 Å². The normalized spacial score (nSPS) is 10.4. The number of benzene rings is 2. The van der Waals surface area contributed by atoms with Crippen LogP contribution in [0.15, 0.2) is 61.8 Å². The summed E-state index contributed by atoms with van der Waals surface area (Å²) in [6.07, 6.45) is 0. The number of hydrogen-bond donors (Lipinski definition) is 2. The topological polar surface area (TPSA) is 84.0 Å². The molecule has 3 aromatic rings. The molecule has 0 spiro atoms. The maximum atomic E-state index is 12.2. The third-order valence-electron chi connectivity index (χ3n) is 3.17. The largest absolute Gasteiger partial charge is 0.325 e. The number of aromatic nitrogens is 2. The lowest BCUT2D eigenvalue weighted by molar-refractivity contribution is -0.113. The van der Waals surface area contributed by atoms with Gasteiger partial charge in [0.05, 0.1) is 5.75 Å². The van der Waals surface area contributed by atoms with E-state index >= 15 is 0 Å². The van der Waals surface area contributed by atoms with Crippen LogP contribution in [0.2, 0.25) is 0 Å². The minimum absolute atomic E-state index is 0.141. The quantitative estimate of drug-likeness (QED) is 0.346. The number of nitrogens with zero attached hydrogens (tertiary/aromatic N) is 2. The highest BCUT2D eigenvalue weighted by Gasteiger charge is 2.12. The van der Waals surface area contributed by atoms with Crippen molar-refractivity contribution in [2.45, 2.75) is 4.34 Å². The molecular weight excluding hydrogens is 516 g/mol. The van der Waals surface area contributed by atoms with Crippen LogP contribution in [-0.2, 0) is 4.79 Å². The van der Waals surface area contributed by atoms with E-state index in [4.69, 9.17) is 0 Å². The lowest BCUT2D eigenvalue weighted by atomic mass is 10.2. The van der Waals surface area contributed by atoms with E-state index in [0.717, 1.165) is 14.6 Å². The second kappa shape index (κ2) is 9.45. The summed E-state index contributed by atoms with van der Waals surface area (Å²) in [4.78, 5) is 24.2. The molecule has 10 heteroatoms. The van der Waals surface area contributed by atoms with Crippen LogP contribution in [0.25, 0.3) is 0 Å². The molecule has 0 aliphatic carbocycles. The molecule has 27 heavy (non-hydrogen) atoms. The van der Waals surface area contributed by atoms with E-state index in [1.54, 1.807) is 18.2 Å². The van der Waals surface area contributed by atoms with Crippen molar-refractivity contribution >= 4 is 77.6 Å². The second-order valence-corrected chi connectivity index (χ2v) is 9.21. The van der Waals surface area contributed by atoms with Crippen LogP contribution in [0.5, 0.6) is 0 Å². The Labute approximate surface area is 180 Å². The predicted octanol–water partition coefficient (Wildman–Crippen LogP) is 5.05. The van der Waals surface area contributed by atoms with Crippen LogP contribution in [0, 0.1) is 0 Å². The summed E-state index contributed by atoms with van der Waals surface area (Å²) in [7, 11) is 0. The first kappa shape index (κ1) is 20.0. The smallest absolute Gasteiger partial charge is 0.257 e. The molecule has 1 aromatic heterocycles. The third kappa shape index (κ3) is 6.13. The first-order valence-electron chi connectivity index (χ1n) is 7.58. The van der Waals surface area contributed by atoms with Gasteiger partial charge in [0, 0.05) is 20.2 Å². The molecule has 0 fully saturated rings. The zero-order valence-corrected chi connectivity index (χ0v) is 18.4.